The van der Waals surface area contributed by atoms with Gasteiger partial charge in [-0.3, -0.25) is 4.79 Å². The molecule has 1 saturated carbocycles. The molecule has 1 aliphatic carbocycles. The van der Waals surface area contributed by atoms with E-state index in [0.29, 0.717) is 22.8 Å². The lowest BCUT2D eigenvalue weighted by molar-refractivity contribution is -0.274. The first-order valence-corrected chi connectivity index (χ1v) is 8.97. The summed E-state index contributed by atoms with van der Waals surface area (Å²) in [5.41, 5.74) is 1.35. The predicted molar refractivity (Wildman–Crippen MR) is 103 cm³/mol. The van der Waals surface area contributed by atoms with Gasteiger partial charge in [0.25, 0.3) is 0 Å². The molecule has 2 heterocycles. The first kappa shape index (κ1) is 19.0. The standard InChI is InChI=1S/C20H17F3N4O2/c1-24-18-16-10-25-17(27-19(28)12-2-3-12)8-14(16)15(9-26-18)11-4-6-13(7-5-11)29-20(21,22)23/h4-10,12H,2-3H2,1H3,(H,24,26)(H,25,27,28). The smallest absolute Gasteiger partial charge is 0.406 e. The molecular weight excluding hydrogens is 385 g/mol. The molecule has 3 aromatic rings. The largest absolute Gasteiger partial charge is 0.573 e. The monoisotopic (exact) mass is 402 g/mol. The molecule has 2 N–H and O–H groups in total. The minimum atomic E-state index is -4.75. The number of nitrogens with zero attached hydrogens (tertiary/aromatic N) is 2. The van der Waals surface area contributed by atoms with Crippen LogP contribution in [-0.2, 0) is 4.79 Å². The Bertz CT molecular complexity index is 1060. The number of hydrogen-bond acceptors (Lipinski definition) is 5. The van der Waals surface area contributed by atoms with Gasteiger partial charge in [-0.15, -0.1) is 13.2 Å². The summed E-state index contributed by atoms with van der Waals surface area (Å²) in [6, 6.07) is 7.29. The molecule has 4 rings (SSSR count). The first-order valence-electron chi connectivity index (χ1n) is 8.97. The Morgan fingerprint density at radius 1 is 1.10 bits per heavy atom. The van der Waals surface area contributed by atoms with Gasteiger partial charge < -0.3 is 15.4 Å². The van der Waals surface area contributed by atoms with Crippen LogP contribution in [0.2, 0.25) is 0 Å². The van der Waals surface area contributed by atoms with Gasteiger partial charge in [0, 0.05) is 36.3 Å². The van der Waals surface area contributed by atoms with Crippen LogP contribution in [0.1, 0.15) is 12.8 Å². The van der Waals surface area contributed by atoms with Crippen molar-refractivity contribution in [3.63, 3.8) is 0 Å². The van der Waals surface area contributed by atoms with Crippen molar-refractivity contribution < 1.29 is 22.7 Å². The van der Waals surface area contributed by atoms with Crippen molar-refractivity contribution in [2.24, 2.45) is 5.92 Å². The number of rotatable bonds is 5. The number of aromatic nitrogens is 2. The van der Waals surface area contributed by atoms with E-state index >= 15 is 0 Å². The number of halogens is 3. The Labute approximate surface area is 164 Å². The van der Waals surface area contributed by atoms with Crippen LogP contribution in [0.3, 0.4) is 0 Å². The van der Waals surface area contributed by atoms with Crippen LogP contribution < -0.4 is 15.4 Å². The zero-order valence-corrected chi connectivity index (χ0v) is 15.4. The summed E-state index contributed by atoms with van der Waals surface area (Å²) < 4.78 is 41.1. The van der Waals surface area contributed by atoms with Gasteiger partial charge in [-0.2, -0.15) is 0 Å². The normalized spacial score (nSPS) is 13.9. The Balaban J connectivity index is 1.73. The van der Waals surface area contributed by atoms with Gasteiger partial charge in [0.05, 0.1) is 0 Å². The predicted octanol–water partition coefficient (Wildman–Crippen LogP) is 4.59. The van der Waals surface area contributed by atoms with Gasteiger partial charge in [0.15, 0.2) is 0 Å². The molecule has 1 fully saturated rings. The third-order valence-corrected chi connectivity index (χ3v) is 4.61. The van der Waals surface area contributed by atoms with Gasteiger partial charge in [-0.1, -0.05) is 12.1 Å². The molecule has 6 nitrogen and oxygen atoms in total. The summed E-state index contributed by atoms with van der Waals surface area (Å²) >= 11 is 0. The van der Waals surface area contributed by atoms with Crippen LogP contribution in [0, 0.1) is 5.92 Å². The van der Waals surface area contributed by atoms with Crippen molar-refractivity contribution in [2.45, 2.75) is 19.2 Å². The summed E-state index contributed by atoms with van der Waals surface area (Å²) in [6.07, 6.45) is 0.252. The highest BCUT2D eigenvalue weighted by Crippen LogP contribution is 2.35. The quantitative estimate of drug-likeness (QED) is 0.653. The van der Waals surface area contributed by atoms with Gasteiger partial charge in [-0.25, -0.2) is 9.97 Å². The van der Waals surface area contributed by atoms with Crippen LogP contribution in [0.4, 0.5) is 24.8 Å². The van der Waals surface area contributed by atoms with E-state index in [1.807, 2.05) is 0 Å². The average Bonchev–Trinajstić information content (AvgIpc) is 3.52. The van der Waals surface area contributed by atoms with Crippen molar-refractivity contribution in [3.05, 3.63) is 42.7 Å². The van der Waals surface area contributed by atoms with Crippen molar-refractivity contribution in [1.82, 2.24) is 9.97 Å². The Morgan fingerprint density at radius 3 is 2.45 bits per heavy atom. The minimum absolute atomic E-state index is 0.0402. The van der Waals surface area contributed by atoms with Gasteiger partial charge >= 0.3 is 6.36 Å². The SMILES string of the molecule is CNc1ncc(-c2ccc(OC(F)(F)F)cc2)c2cc(NC(=O)C3CC3)ncc12. The third kappa shape index (κ3) is 4.23. The number of amides is 1. The number of ether oxygens (including phenoxy) is 1. The number of carbonyl (C=O) groups excluding carboxylic acids is 1. The zero-order chi connectivity index (χ0) is 20.6. The average molecular weight is 402 g/mol. The molecule has 2 aromatic heterocycles. The van der Waals surface area contributed by atoms with E-state index in [2.05, 4.69) is 25.3 Å². The molecule has 1 aromatic carbocycles. The molecule has 1 aliphatic rings. The van der Waals surface area contributed by atoms with Gasteiger partial charge in [0.1, 0.15) is 17.4 Å². The van der Waals surface area contributed by atoms with Crippen LogP contribution in [-0.4, -0.2) is 29.3 Å². The molecule has 9 heteroatoms. The first-order chi connectivity index (χ1) is 13.8. The Morgan fingerprint density at radius 2 is 1.83 bits per heavy atom. The molecule has 0 radical (unpaired) electrons. The molecule has 150 valence electrons. The van der Waals surface area contributed by atoms with Crippen molar-refractivity contribution in [3.8, 4) is 16.9 Å². The van der Waals surface area contributed by atoms with Gasteiger partial charge in [-0.05, 0) is 42.0 Å². The summed E-state index contributed by atoms with van der Waals surface area (Å²) in [6.45, 7) is 0. The highest BCUT2D eigenvalue weighted by Gasteiger charge is 2.31. The molecule has 0 unspecified atom stereocenters. The second-order valence-electron chi connectivity index (χ2n) is 6.72. The maximum atomic E-state index is 12.4. The number of benzene rings is 1. The molecule has 0 atom stereocenters. The number of hydrogen-bond donors (Lipinski definition) is 2. The Hall–Kier alpha value is -3.36. The molecule has 0 aliphatic heterocycles. The van der Waals surface area contributed by atoms with Crippen molar-refractivity contribution in [2.75, 3.05) is 17.7 Å². The van der Waals surface area contributed by atoms with E-state index in [0.717, 1.165) is 23.6 Å². The lowest BCUT2D eigenvalue weighted by atomic mass is 10.0. The molecule has 1 amide bonds. The lowest BCUT2D eigenvalue weighted by Gasteiger charge is -2.13. The van der Waals surface area contributed by atoms with E-state index in [-0.39, 0.29) is 17.6 Å². The van der Waals surface area contributed by atoms with E-state index in [9.17, 15) is 18.0 Å². The fourth-order valence-corrected chi connectivity index (χ4v) is 3.04. The second-order valence-corrected chi connectivity index (χ2v) is 6.72. The number of pyridine rings is 2. The fraction of sp³-hybridized carbons (Fsp3) is 0.250. The van der Waals surface area contributed by atoms with Crippen LogP contribution in [0.5, 0.6) is 5.75 Å². The number of nitrogens with one attached hydrogen (secondary N) is 2. The van der Waals surface area contributed by atoms with Crippen molar-refractivity contribution in [1.29, 1.82) is 0 Å². The topological polar surface area (TPSA) is 76.1 Å². The number of carbonyl (C=O) groups is 1. The number of alkyl halides is 3. The minimum Gasteiger partial charge on any atom is -0.406 e. The molecular formula is C20H17F3N4O2. The summed E-state index contributed by atoms with van der Waals surface area (Å²) in [7, 11) is 1.73. The van der Waals surface area contributed by atoms with E-state index in [1.165, 1.54) is 24.3 Å². The van der Waals surface area contributed by atoms with E-state index < -0.39 is 6.36 Å². The van der Waals surface area contributed by atoms with Gasteiger partial charge in [0.2, 0.25) is 5.91 Å². The summed E-state index contributed by atoms with van der Waals surface area (Å²) in [5.74, 6) is 0.701. The summed E-state index contributed by atoms with van der Waals surface area (Å²) in [4.78, 5) is 20.7. The van der Waals surface area contributed by atoms with Crippen LogP contribution in [0.25, 0.3) is 21.9 Å². The van der Waals surface area contributed by atoms with E-state index in [4.69, 9.17) is 0 Å². The fourth-order valence-electron chi connectivity index (χ4n) is 3.04. The maximum absolute atomic E-state index is 12.4. The maximum Gasteiger partial charge on any atom is 0.573 e. The number of anilines is 2. The molecule has 0 saturated heterocycles. The second kappa shape index (κ2) is 7.23. The van der Waals surface area contributed by atoms with Crippen molar-refractivity contribution >= 4 is 28.3 Å². The molecule has 0 spiro atoms. The van der Waals surface area contributed by atoms with Crippen LogP contribution >= 0.6 is 0 Å². The molecule has 0 bridgehead atoms. The molecule has 29 heavy (non-hydrogen) atoms. The third-order valence-electron chi connectivity index (χ3n) is 4.61. The lowest BCUT2D eigenvalue weighted by Crippen LogP contribution is -2.16. The van der Waals surface area contributed by atoms with E-state index in [1.54, 1.807) is 25.5 Å². The van der Waals surface area contributed by atoms with Crippen LogP contribution in [0.15, 0.2) is 42.7 Å². The zero-order valence-electron chi connectivity index (χ0n) is 15.4. The summed E-state index contributed by atoms with van der Waals surface area (Å²) in [5, 5.41) is 7.29. The highest BCUT2D eigenvalue weighted by atomic mass is 19.4. The number of fused-ring (bicyclic) bond motifs is 1. The Kier molecular flexibility index (Phi) is 4.73. The highest BCUT2D eigenvalue weighted by molar-refractivity contribution is 6.03.